The Hall–Kier alpha value is -4.06. The molecule has 0 radical (unpaired) electrons. The minimum absolute atomic E-state index is 0.147. The van der Waals surface area contributed by atoms with Crippen LogP contribution in [0.25, 0.3) is 10.9 Å². The molecule has 1 atom stereocenters. The van der Waals surface area contributed by atoms with Crippen LogP contribution in [0.1, 0.15) is 16.8 Å². The summed E-state index contributed by atoms with van der Waals surface area (Å²) in [5.74, 6) is 0.853. The van der Waals surface area contributed by atoms with Gasteiger partial charge in [0, 0.05) is 28.7 Å². The zero-order valence-corrected chi connectivity index (χ0v) is 17.7. The smallest absolute Gasteiger partial charge is 0.284 e. The lowest BCUT2D eigenvalue weighted by molar-refractivity contribution is -0.130. The van der Waals surface area contributed by atoms with Gasteiger partial charge in [-0.1, -0.05) is 60.7 Å². The van der Waals surface area contributed by atoms with Crippen LogP contribution in [0, 0.1) is 6.92 Å². The van der Waals surface area contributed by atoms with Crippen molar-refractivity contribution in [1.82, 2.24) is 9.99 Å². The summed E-state index contributed by atoms with van der Waals surface area (Å²) < 4.78 is 13.6. The van der Waals surface area contributed by atoms with Gasteiger partial charge in [-0.05, 0) is 30.7 Å². The number of benzene rings is 3. The SMILES string of the molecule is Cc1c(/C=N/NC(=O)[C@H]2COc3ccccc3O2)c2ccccc2n1Cc1ccccc1. The first-order valence-electron chi connectivity index (χ1n) is 10.5. The molecule has 4 aromatic rings. The van der Waals surface area contributed by atoms with Crippen molar-refractivity contribution in [3.63, 3.8) is 0 Å². The molecule has 1 N–H and O–H groups in total. The first-order chi connectivity index (χ1) is 15.7. The van der Waals surface area contributed by atoms with E-state index >= 15 is 0 Å². The summed E-state index contributed by atoms with van der Waals surface area (Å²) >= 11 is 0. The minimum atomic E-state index is -0.748. The van der Waals surface area contributed by atoms with Crippen molar-refractivity contribution in [3.8, 4) is 11.5 Å². The molecule has 5 rings (SSSR count). The molecule has 0 saturated heterocycles. The number of nitrogens with zero attached hydrogens (tertiary/aromatic N) is 2. The molecular formula is C26H23N3O3. The van der Waals surface area contributed by atoms with Crippen molar-refractivity contribution in [2.24, 2.45) is 5.10 Å². The van der Waals surface area contributed by atoms with Crippen LogP contribution in [0.5, 0.6) is 11.5 Å². The summed E-state index contributed by atoms with van der Waals surface area (Å²) in [6.07, 6.45) is 0.955. The van der Waals surface area contributed by atoms with Gasteiger partial charge in [-0.2, -0.15) is 5.10 Å². The van der Waals surface area contributed by atoms with E-state index in [1.54, 1.807) is 12.3 Å². The van der Waals surface area contributed by atoms with Crippen molar-refractivity contribution in [2.75, 3.05) is 6.61 Å². The van der Waals surface area contributed by atoms with Gasteiger partial charge < -0.3 is 14.0 Å². The van der Waals surface area contributed by atoms with Gasteiger partial charge in [0.2, 0.25) is 6.10 Å². The standard InChI is InChI=1S/C26H23N3O3/c1-18-21(15-27-28-26(30)25-17-31-23-13-7-8-14-24(23)32-25)20-11-5-6-12-22(20)29(18)16-19-9-3-2-4-10-19/h2-15,25H,16-17H2,1H3,(H,28,30)/b27-15+/t25-/m1/s1. The normalized spacial score (nSPS) is 15.2. The summed E-state index contributed by atoms with van der Waals surface area (Å²) in [5, 5.41) is 5.32. The maximum Gasteiger partial charge on any atom is 0.284 e. The van der Waals surface area contributed by atoms with E-state index < -0.39 is 6.10 Å². The third-order valence-corrected chi connectivity index (χ3v) is 5.63. The van der Waals surface area contributed by atoms with Crippen LogP contribution in [-0.4, -0.2) is 29.4 Å². The summed E-state index contributed by atoms with van der Waals surface area (Å²) in [6, 6.07) is 25.9. The molecule has 0 aliphatic carbocycles. The Morgan fingerprint density at radius 2 is 1.75 bits per heavy atom. The van der Waals surface area contributed by atoms with E-state index in [9.17, 15) is 4.79 Å². The average molecular weight is 425 g/mol. The molecule has 0 bridgehead atoms. The highest BCUT2D eigenvalue weighted by Crippen LogP contribution is 2.31. The van der Waals surface area contributed by atoms with E-state index in [1.807, 2.05) is 48.5 Å². The fourth-order valence-corrected chi connectivity index (χ4v) is 3.97. The molecule has 1 aliphatic heterocycles. The van der Waals surface area contributed by atoms with Crippen molar-refractivity contribution in [2.45, 2.75) is 19.6 Å². The zero-order chi connectivity index (χ0) is 21.9. The maximum absolute atomic E-state index is 12.6. The van der Waals surface area contributed by atoms with Crippen molar-refractivity contribution >= 4 is 23.0 Å². The van der Waals surface area contributed by atoms with Crippen LogP contribution in [-0.2, 0) is 11.3 Å². The summed E-state index contributed by atoms with van der Waals surface area (Å²) in [4.78, 5) is 12.6. The lowest BCUT2D eigenvalue weighted by Crippen LogP contribution is -2.42. The first-order valence-corrected chi connectivity index (χ1v) is 10.5. The predicted molar refractivity (Wildman–Crippen MR) is 124 cm³/mol. The lowest BCUT2D eigenvalue weighted by atomic mass is 10.1. The lowest BCUT2D eigenvalue weighted by Gasteiger charge is -2.24. The molecule has 0 fully saturated rings. The molecule has 1 aliphatic rings. The van der Waals surface area contributed by atoms with Crippen LogP contribution >= 0.6 is 0 Å². The van der Waals surface area contributed by atoms with Crippen LogP contribution < -0.4 is 14.9 Å². The highest BCUT2D eigenvalue weighted by molar-refractivity contribution is 6.01. The Morgan fingerprint density at radius 1 is 1.03 bits per heavy atom. The van der Waals surface area contributed by atoms with Gasteiger partial charge in [0.25, 0.3) is 5.91 Å². The second-order valence-corrected chi connectivity index (χ2v) is 7.69. The molecule has 0 unspecified atom stereocenters. The van der Waals surface area contributed by atoms with Gasteiger partial charge in [-0.25, -0.2) is 5.43 Å². The molecule has 6 heteroatoms. The quantitative estimate of drug-likeness (QED) is 0.383. The number of nitrogens with one attached hydrogen (secondary N) is 1. The van der Waals surface area contributed by atoms with Gasteiger partial charge in [-0.3, -0.25) is 4.79 Å². The molecule has 1 aromatic heterocycles. The highest BCUT2D eigenvalue weighted by atomic mass is 16.6. The molecule has 6 nitrogen and oxygen atoms in total. The van der Waals surface area contributed by atoms with Crippen LogP contribution in [0.4, 0.5) is 0 Å². The largest absolute Gasteiger partial charge is 0.485 e. The number of amides is 1. The van der Waals surface area contributed by atoms with Gasteiger partial charge in [0.15, 0.2) is 11.5 Å². The van der Waals surface area contributed by atoms with Crippen LogP contribution in [0.3, 0.4) is 0 Å². The number of aromatic nitrogens is 1. The number of hydrazone groups is 1. The second-order valence-electron chi connectivity index (χ2n) is 7.69. The Kier molecular flexibility index (Phi) is 5.34. The average Bonchev–Trinajstić information content (AvgIpc) is 3.10. The van der Waals surface area contributed by atoms with Crippen molar-refractivity contribution in [3.05, 3.63) is 95.7 Å². The zero-order valence-electron chi connectivity index (χ0n) is 17.7. The number of para-hydroxylation sites is 3. The van der Waals surface area contributed by atoms with Crippen LogP contribution in [0.2, 0.25) is 0 Å². The van der Waals surface area contributed by atoms with Gasteiger partial charge in [-0.15, -0.1) is 0 Å². The van der Waals surface area contributed by atoms with Crippen molar-refractivity contribution < 1.29 is 14.3 Å². The number of hydrogen-bond acceptors (Lipinski definition) is 4. The monoisotopic (exact) mass is 425 g/mol. The van der Waals surface area contributed by atoms with E-state index in [4.69, 9.17) is 9.47 Å². The predicted octanol–water partition coefficient (Wildman–Crippen LogP) is 4.29. The molecule has 160 valence electrons. The maximum atomic E-state index is 12.6. The third-order valence-electron chi connectivity index (χ3n) is 5.63. The molecule has 2 heterocycles. The number of carbonyl (C=O) groups excluding carboxylic acids is 1. The number of ether oxygens (including phenoxy) is 2. The van der Waals surface area contributed by atoms with E-state index in [-0.39, 0.29) is 12.5 Å². The van der Waals surface area contributed by atoms with Gasteiger partial charge in [0.1, 0.15) is 6.61 Å². The van der Waals surface area contributed by atoms with Crippen molar-refractivity contribution in [1.29, 1.82) is 0 Å². The Balaban J connectivity index is 1.35. The first kappa shape index (κ1) is 19.9. The van der Waals surface area contributed by atoms with Gasteiger partial charge in [0.05, 0.1) is 6.21 Å². The van der Waals surface area contributed by atoms with E-state index in [1.165, 1.54) is 5.56 Å². The number of carbonyl (C=O) groups is 1. The molecule has 3 aromatic carbocycles. The molecule has 0 spiro atoms. The molecule has 32 heavy (non-hydrogen) atoms. The Bertz CT molecular complexity index is 1290. The number of hydrogen-bond donors (Lipinski definition) is 1. The fourth-order valence-electron chi connectivity index (χ4n) is 3.97. The third kappa shape index (κ3) is 3.83. The number of rotatable bonds is 5. The Labute approximate surface area is 186 Å². The summed E-state index contributed by atoms with van der Waals surface area (Å²) in [5.41, 5.74) is 7.01. The van der Waals surface area contributed by atoms with Crippen LogP contribution in [0.15, 0.2) is 84.0 Å². The minimum Gasteiger partial charge on any atom is -0.485 e. The van der Waals surface area contributed by atoms with Gasteiger partial charge >= 0.3 is 0 Å². The topological polar surface area (TPSA) is 64.8 Å². The summed E-state index contributed by atoms with van der Waals surface area (Å²) in [6.45, 7) is 2.98. The highest BCUT2D eigenvalue weighted by Gasteiger charge is 2.27. The molecule has 1 amide bonds. The van der Waals surface area contributed by atoms with E-state index in [0.29, 0.717) is 11.5 Å². The summed E-state index contributed by atoms with van der Waals surface area (Å²) in [7, 11) is 0. The fraction of sp³-hybridized carbons (Fsp3) is 0.154. The van der Waals surface area contributed by atoms with E-state index in [0.717, 1.165) is 28.7 Å². The molecule has 0 saturated carbocycles. The second kappa shape index (κ2) is 8.59. The molecular weight excluding hydrogens is 402 g/mol. The van der Waals surface area contributed by atoms with E-state index in [2.05, 4.69) is 46.3 Å². The number of fused-ring (bicyclic) bond motifs is 2. The Morgan fingerprint density at radius 3 is 2.59 bits per heavy atom.